The number of carbonyl (C=O) groups is 1. The highest BCUT2D eigenvalue weighted by atomic mass is 16.5. The van der Waals surface area contributed by atoms with Crippen LogP contribution in [-0.2, 0) is 4.74 Å². The summed E-state index contributed by atoms with van der Waals surface area (Å²) < 4.78 is 11.5. The second kappa shape index (κ2) is 9.11. The minimum Gasteiger partial charge on any atom is -0.492 e. The molecule has 162 valence electrons. The minimum atomic E-state index is 0.0718. The number of benzene rings is 3. The molecule has 0 spiro atoms. The number of ketones is 1. The molecule has 0 aromatic heterocycles. The number of rotatable bonds is 6. The van der Waals surface area contributed by atoms with Crippen molar-refractivity contribution in [1.82, 2.24) is 4.90 Å². The van der Waals surface area contributed by atoms with Crippen molar-refractivity contribution in [2.45, 2.75) is 6.92 Å². The topological polar surface area (TPSA) is 38.8 Å². The zero-order chi connectivity index (χ0) is 21.9. The van der Waals surface area contributed by atoms with Crippen molar-refractivity contribution in [3.63, 3.8) is 0 Å². The summed E-state index contributed by atoms with van der Waals surface area (Å²) in [5.74, 6) is 0.867. The van der Waals surface area contributed by atoms with Crippen LogP contribution in [0.15, 0.2) is 72.8 Å². The average Bonchev–Trinajstić information content (AvgIpc) is 3.12. The Kier molecular flexibility index (Phi) is 5.89. The van der Waals surface area contributed by atoms with Gasteiger partial charge in [0.2, 0.25) is 0 Å². The van der Waals surface area contributed by atoms with Gasteiger partial charge in [-0.2, -0.15) is 0 Å². The van der Waals surface area contributed by atoms with Crippen LogP contribution in [0.2, 0.25) is 0 Å². The van der Waals surface area contributed by atoms with Crippen LogP contribution in [0.1, 0.15) is 32.6 Å². The lowest BCUT2D eigenvalue weighted by molar-refractivity contribution is 0.0322. The molecule has 1 fully saturated rings. The van der Waals surface area contributed by atoms with Crippen LogP contribution in [-0.4, -0.2) is 50.1 Å². The summed E-state index contributed by atoms with van der Waals surface area (Å²) in [4.78, 5) is 15.8. The van der Waals surface area contributed by atoms with E-state index in [1.807, 2.05) is 48.5 Å². The SMILES string of the molecule is Cc1ccc(C2=C(c3ccccc3)c3cc(OCCN4CCOCC4)ccc3C2=O)cc1. The monoisotopic (exact) mass is 425 g/mol. The summed E-state index contributed by atoms with van der Waals surface area (Å²) >= 11 is 0. The molecule has 4 nitrogen and oxygen atoms in total. The van der Waals surface area contributed by atoms with Gasteiger partial charge >= 0.3 is 0 Å². The van der Waals surface area contributed by atoms with Crippen LogP contribution < -0.4 is 4.74 Å². The molecule has 0 unspecified atom stereocenters. The van der Waals surface area contributed by atoms with Gasteiger partial charge < -0.3 is 9.47 Å². The van der Waals surface area contributed by atoms with Crippen LogP contribution in [0.25, 0.3) is 11.1 Å². The molecule has 0 radical (unpaired) electrons. The molecule has 3 aromatic carbocycles. The number of carbonyl (C=O) groups excluding carboxylic acids is 1. The Morgan fingerprint density at radius 2 is 1.56 bits per heavy atom. The first-order valence-corrected chi connectivity index (χ1v) is 11.2. The van der Waals surface area contributed by atoms with E-state index in [0.717, 1.165) is 72.0 Å². The highest BCUT2D eigenvalue weighted by molar-refractivity contribution is 6.41. The van der Waals surface area contributed by atoms with Crippen LogP contribution in [0.3, 0.4) is 0 Å². The molecular weight excluding hydrogens is 398 g/mol. The van der Waals surface area contributed by atoms with Crippen molar-refractivity contribution in [3.05, 3.63) is 101 Å². The quantitative estimate of drug-likeness (QED) is 0.565. The molecule has 0 amide bonds. The summed E-state index contributed by atoms with van der Waals surface area (Å²) in [5.41, 5.74) is 6.59. The Morgan fingerprint density at radius 3 is 2.31 bits per heavy atom. The van der Waals surface area contributed by atoms with Crippen LogP contribution >= 0.6 is 0 Å². The normalized spacial score (nSPS) is 16.3. The van der Waals surface area contributed by atoms with Gasteiger partial charge in [0.1, 0.15) is 12.4 Å². The first-order chi connectivity index (χ1) is 15.7. The van der Waals surface area contributed by atoms with E-state index in [4.69, 9.17) is 9.47 Å². The zero-order valence-electron chi connectivity index (χ0n) is 18.3. The summed E-state index contributed by atoms with van der Waals surface area (Å²) in [6, 6.07) is 24.2. The summed E-state index contributed by atoms with van der Waals surface area (Å²) in [6.45, 7) is 7.01. The molecule has 0 bridgehead atoms. The third kappa shape index (κ3) is 4.12. The highest BCUT2D eigenvalue weighted by Crippen LogP contribution is 2.43. The molecule has 4 heteroatoms. The van der Waals surface area contributed by atoms with Crippen molar-refractivity contribution in [3.8, 4) is 5.75 Å². The van der Waals surface area contributed by atoms with Crippen LogP contribution in [0.4, 0.5) is 0 Å². The Bertz CT molecular complexity index is 1140. The Balaban J connectivity index is 1.48. The van der Waals surface area contributed by atoms with E-state index in [1.165, 1.54) is 5.56 Å². The molecule has 2 aliphatic rings. The predicted molar refractivity (Wildman–Crippen MR) is 127 cm³/mol. The minimum absolute atomic E-state index is 0.0718. The zero-order valence-corrected chi connectivity index (χ0v) is 18.3. The lowest BCUT2D eigenvalue weighted by Crippen LogP contribution is -2.38. The summed E-state index contributed by atoms with van der Waals surface area (Å²) in [5, 5.41) is 0. The Morgan fingerprint density at radius 1 is 0.844 bits per heavy atom. The van der Waals surface area contributed by atoms with Crippen molar-refractivity contribution < 1.29 is 14.3 Å². The lowest BCUT2D eigenvalue weighted by Gasteiger charge is -2.26. The highest BCUT2D eigenvalue weighted by Gasteiger charge is 2.31. The number of aryl methyl sites for hydroxylation is 1. The molecule has 0 N–H and O–H groups in total. The molecule has 0 atom stereocenters. The van der Waals surface area contributed by atoms with Gasteiger partial charge in [-0.3, -0.25) is 9.69 Å². The van der Waals surface area contributed by atoms with Gasteiger partial charge in [0.05, 0.1) is 13.2 Å². The fourth-order valence-electron chi connectivity index (χ4n) is 4.42. The van der Waals surface area contributed by atoms with Crippen molar-refractivity contribution in [2.24, 2.45) is 0 Å². The average molecular weight is 426 g/mol. The van der Waals surface area contributed by atoms with Crippen molar-refractivity contribution in [1.29, 1.82) is 0 Å². The maximum absolute atomic E-state index is 13.5. The summed E-state index contributed by atoms with van der Waals surface area (Å²) in [7, 11) is 0. The maximum Gasteiger partial charge on any atom is 0.194 e. The Hall–Kier alpha value is -3.21. The molecule has 3 aromatic rings. The molecule has 1 aliphatic carbocycles. The van der Waals surface area contributed by atoms with Gasteiger partial charge in [0, 0.05) is 36.3 Å². The van der Waals surface area contributed by atoms with Gasteiger partial charge in [0.15, 0.2) is 5.78 Å². The molecule has 5 rings (SSSR count). The third-order valence-corrected chi connectivity index (χ3v) is 6.16. The smallest absolute Gasteiger partial charge is 0.194 e. The van der Waals surface area contributed by atoms with E-state index >= 15 is 0 Å². The predicted octanol–water partition coefficient (Wildman–Crippen LogP) is 4.86. The van der Waals surface area contributed by atoms with Crippen molar-refractivity contribution >= 4 is 16.9 Å². The van der Waals surface area contributed by atoms with Crippen molar-refractivity contribution in [2.75, 3.05) is 39.5 Å². The molecule has 1 heterocycles. The van der Waals surface area contributed by atoms with Gasteiger partial charge in [-0.25, -0.2) is 0 Å². The number of Topliss-reactive ketones (excluding diaryl/α,β-unsaturated/α-hetero) is 1. The second-order valence-corrected chi connectivity index (χ2v) is 8.32. The number of hydrogen-bond acceptors (Lipinski definition) is 4. The van der Waals surface area contributed by atoms with Gasteiger partial charge in [0.25, 0.3) is 0 Å². The van der Waals surface area contributed by atoms with Gasteiger partial charge in [-0.1, -0.05) is 60.2 Å². The van der Waals surface area contributed by atoms with E-state index in [1.54, 1.807) is 0 Å². The number of nitrogens with zero attached hydrogens (tertiary/aromatic N) is 1. The van der Waals surface area contributed by atoms with E-state index in [9.17, 15) is 4.79 Å². The van der Waals surface area contributed by atoms with E-state index < -0.39 is 0 Å². The number of ether oxygens (including phenoxy) is 2. The molecular formula is C28H27NO3. The second-order valence-electron chi connectivity index (χ2n) is 8.32. The van der Waals surface area contributed by atoms with E-state index in [2.05, 4.69) is 36.1 Å². The summed E-state index contributed by atoms with van der Waals surface area (Å²) in [6.07, 6.45) is 0. The first kappa shape index (κ1) is 20.7. The van der Waals surface area contributed by atoms with E-state index in [-0.39, 0.29) is 5.78 Å². The Labute approximate surface area is 189 Å². The number of fused-ring (bicyclic) bond motifs is 1. The lowest BCUT2D eigenvalue weighted by atomic mass is 9.94. The van der Waals surface area contributed by atoms with Crippen LogP contribution in [0.5, 0.6) is 5.75 Å². The standard InChI is InChI=1S/C28H27NO3/c1-20-7-9-22(10-8-20)27-26(21-5-3-2-4-6-21)25-19-23(11-12-24(25)28(27)30)32-18-15-29-13-16-31-17-14-29/h2-12,19H,13-18H2,1H3. The number of hydrogen-bond donors (Lipinski definition) is 0. The fourth-order valence-corrected chi connectivity index (χ4v) is 4.42. The number of morpholine rings is 1. The molecule has 1 aliphatic heterocycles. The fraction of sp³-hybridized carbons (Fsp3) is 0.250. The van der Waals surface area contributed by atoms with Crippen LogP contribution in [0, 0.1) is 6.92 Å². The number of allylic oxidation sites excluding steroid dienone is 1. The largest absolute Gasteiger partial charge is 0.492 e. The first-order valence-electron chi connectivity index (χ1n) is 11.2. The molecule has 1 saturated heterocycles. The van der Waals surface area contributed by atoms with E-state index in [0.29, 0.717) is 6.61 Å². The molecule has 0 saturated carbocycles. The van der Waals surface area contributed by atoms with Gasteiger partial charge in [-0.15, -0.1) is 0 Å². The van der Waals surface area contributed by atoms with Gasteiger partial charge in [-0.05, 0) is 41.8 Å². The third-order valence-electron chi connectivity index (χ3n) is 6.16. The molecule has 32 heavy (non-hydrogen) atoms. The maximum atomic E-state index is 13.5.